The summed E-state index contributed by atoms with van der Waals surface area (Å²) in [5, 5.41) is 0. The molecule has 18 heavy (non-hydrogen) atoms. The van der Waals surface area contributed by atoms with Crippen molar-refractivity contribution in [3.8, 4) is 0 Å². The first-order valence-corrected chi connectivity index (χ1v) is 14.5. The van der Waals surface area contributed by atoms with E-state index in [1.54, 1.807) is 0 Å². The lowest BCUT2D eigenvalue weighted by Crippen LogP contribution is -2.55. The van der Waals surface area contributed by atoms with Gasteiger partial charge in [-0.15, -0.1) is 0 Å². The smallest absolute Gasteiger partial charge is 0.125 e. The summed E-state index contributed by atoms with van der Waals surface area (Å²) in [5.74, 6) is 0. The van der Waals surface area contributed by atoms with E-state index < -0.39 is 16.3 Å². The third kappa shape index (κ3) is 5.58. The highest BCUT2D eigenvalue weighted by Gasteiger charge is 2.38. The van der Waals surface area contributed by atoms with Gasteiger partial charge >= 0.3 is 0 Å². The van der Waals surface area contributed by atoms with Crippen molar-refractivity contribution in [3.05, 3.63) is 0 Å². The first kappa shape index (κ1) is 16.4. The van der Waals surface area contributed by atoms with Gasteiger partial charge in [0.05, 0.1) is 0 Å². The maximum Gasteiger partial charge on any atom is 0.125 e. The molecule has 1 unspecified atom stereocenters. The van der Waals surface area contributed by atoms with Crippen LogP contribution in [0, 0.1) is 0 Å². The second-order valence-electron chi connectivity index (χ2n) is 8.11. The predicted molar refractivity (Wildman–Crippen MR) is 89.7 cm³/mol. The van der Waals surface area contributed by atoms with Crippen molar-refractivity contribution in [2.75, 3.05) is 0 Å². The Kier molecular flexibility index (Phi) is 6.13. The van der Waals surface area contributed by atoms with Crippen LogP contribution in [0.15, 0.2) is 0 Å². The minimum absolute atomic E-state index is 0.672. The van der Waals surface area contributed by atoms with Gasteiger partial charge in [0.2, 0.25) is 0 Å². The van der Waals surface area contributed by atoms with E-state index in [1.165, 1.54) is 44.2 Å². The number of nitrogens with one attached hydrogen (secondary N) is 1. The van der Waals surface area contributed by atoms with Gasteiger partial charge in [-0.25, -0.2) is 0 Å². The Bertz CT molecular complexity index is 241. The van der Waals surface area contributed by atoms with Gasteiger partial charge in [-0.3, -0.25) is 0 Å². The van der Waals surface area contributed by atoms with Gasteiger partial charge in [-0.1, -0.05) is 78.2 Å². The van der Waals surface area contributed by atoms with Crippen LogP contribution in [0.25, 0.3) is 0 Å². The molecule has 0 spiro atoms. The van der Waals surface area contributed by atoms with Crippen LogP contribution in [0.1, 0.15) is 46.0 Å². The van der Waals surface area contributed by atoms with Crippen molar-refractivity contribution >= 4 is 16.3 Å². The summed E-state index contributed by atoms with van der Waals surface area (Å²) in [6, 6.07) is 3.71. The van der Waals surface area contributed by atoms with Crippen LogP contribution < -0.4 is 4.98 Å². The standard InChI is InChI=1S/C15H35NSi2/c1-14(2)16-18(6,13-12-17(3,4)5)15-10-8-7-9-11-15/h14-16H,7-13H2,1-6H3. The second-order valence-corrected chi connectivity index (χ2v) is 18.2. The molecule has 1 aliphatic rings. The SMILES string of the molecule is CC(C)N[Si](C)(CC[Si](C)(C)C)C1CCCCC1. The highest BCUT2D eigenvalue weighted by Crippen LogP contribution is 2.39. The highest BCUT2D eigenvalue weighted by molar-refractivity contribution is 6.82. The number of rotatable bonds is 6. The molecule has 0 radical (unpaired) electrons. The molecule has 108 valence electrons. The Balaban J connectivity index is 2.67. The zero-order chi connectivity index (χ0) is 13.8. The van der Waals surface area contributed by atoms with Crippen LogP contribution in [0.2, 0.25) is 43.8 Å². The summed E-state index contributed by atoms with van der Waals surface area (Å²) in [7, 11) is -2.12. The van der Waals surface area contributed by atoms with E-state index in [1.807, 2.05) is 0 Å². The molecule has 1 fully saturated rings. The molecular weight excluding hydrogens is 250 g/mol. The quantitative estimate of drug-likeness (QED) is 0.659. The van der Waals surface area contributed by atoms with Crippen molar-refractivity contribution in [2.24, 2.45) is 0 Å². The van der Waals surface area contributed by atoms with Crippen LogP contribution >= 0.6 is 0 Å². The molecule has 0 aromatic rings. The molecule has 3 heteroatoms. The topological polar surface area (TPSA) is 12.0 Å². The molecule has 0 aromatic heterocycles. The monoisotopic (exact) mass is 285 g/mol. The van der Waals surface area contributed by atoms with E-state index in [0.717, 1.165) is 5.54 Å². The lowest BCUT2D eigenvalue weighted by atomic mass is 10.0. The third-order valence-electron chi connectivity index (χ3n) is 4.52. The maximum absolute atomic E-state index is 4.06. The third-order valence-corrected chi connectivity index (χ3v) is 11.7. The molecule has 1 N–H and O–H groups in total. The Morgan fingerprint density at radius 2 is 1.50 bits per heavy atom. The molecule has 1 saturated carbocycles. The molecule has 1 rings (SSSR count). The van der Waals surface area contributed by atoms with Crippen molar-refractivity contribution in [2.45, 2.75) is 95.8 Å². The van der Waals surface area contributed by atoms with E-state index in [4.69, 9.17) is 0 Å². The molecule has 0 bridgehead atoms. The van der Waals surface area contributed by atoms with Gasteiger partial charge in [-0.2, -0.15) is 0 Å². The molecule has 0 aromatic carbocycles. The fraction of sp³-hybridized carbons (Fsp3) is 1.00. The molecule has 1 atom stereocenters. The number of hydrogen-bond acceptors (Lipinski definition) is 1. The average Bonchev–Trinajstić information content (AvgIpc) is 2.26. The van der Waals surface area contributed by atoms with Crippen molar-refractivity contribution in [1.82, 2.24) is 4.98 Å². The minimum atomic E-state index is -1.24. The van der Waals surface area contributed by atoms with Crippen LogP contribution in [-0.2, 0) is 0 Å². The van der Waals surface area contributed by atoms with Gasteiger partial charge < -0.3 is 4.98 Å². The second kappa shape index (κ2) is 6.71. The van der Waals surface area contributed by atoms with Crippen LogP contribution in [0.4, 0.5) is 0 Å². The van der Waals surface area contributed by atoms with Gasteiger partial charge in [0.25, 0.3) is 0 Å². The first-order chi connectivity index (χ1) is 8.23. The first-order valence-electron chi connectivity index (χ1n) is 8.01. The van der Waals surface area contributed by atoms with Crippen LogP contribution in [0.3, 0.4) is 0 Å². The Hall–Kier alpha value is 0.394. The summed E-state index contributed by atoms with van der Waals surface area (Å²) in [6.07, 6.45) is 7.47. The summed E-state index contributed by atoms with van der Waals surface area (Å²) in [6.45, 7) is 14.9. The summed E-state index contributed by atoms with van der Waals surface area (Å²) in [5.41, 5.74) is 1.05. The Labute approximate surface area is 117 Å². The fourth-order valence-electron chi connectivity index (χ4n) is 3.43. The lowest BCUT2D eigenvalue weighted by molar-refractivity contribution is 0.481. The fourth-order valence-corrected chi connectivity index (χ4v) is 12.3. The van der Waals surface area contributed by atoms with E-state index in [-0.39, 0.29) is 0 Å². The van der Waals surface area contributed by atoms with Crippen LogP contribution in [0.5, 0.6) is 0 Å². The largest absolute Gasteiger partial charge is 0.335 e. The van der Waals surface area contributed by atoms with Crippen molar-refractivity contribution in [3.63, 3.8) is 0 Å². The summed E-state index contributed by atoms with van der Waals surface area (Å²) in [4.78, 5) is 4.06. The van der Waals surface area contributed by atoms with Gasteiger partial charge in [0, 0.05) is 8.07 Å². The molecule has 1 nitrogen and oxygen atoms in total. The van der Waals surface area contributed by atoms with Crippen LogP contribution in [-0.4, -0.2) is 22.4 Å². The zero-order valence-electron chi connectivity index (χ0n) is 13.6. The van der Waals surface area contributed by atoms with E-state index >= 15 is 0 Å². The normalized spacial score (nSPS) is 22.2. The molecule has 0 heterocycles. The zero-order valence-corrected chi connectivity index (χ0v) is 15.6. The van der Waals surface area contributed by atoms with Gasteiger partial charge in [0.1, 0.15) is 8.24 Å². The van der Waals surface area contributed by atoms with E-state index in [0.29, 0.717) is 6.04 Å². The molecule has 0 amide bonds. The van der Waals surface area contributed by atoms with Gasteiger partial charge in [0.15, 0.2) is 0 Å². The van der Waals surface area contributed by atoms with E-state index in [2.05, 4.69) is 45.0 Å². The summed E-state index contributed by atoms with van der Waals surface area (Å²) < 4.78 is 0. The van der Waals surface area contributed by atoms with E-state index in [9.17, 15) is 0 Å². The average molecular weight is 286 g/mol. The molecule has 0 saturated heterocycles. The predicted octanol–water partition coefficient (Wildman–Crippen LogP) is 5.23. The highest BCUT2D eigenvalue weighted by atomic mass is 28.3. The maximum atomic E-state index is 4.06. The van der Waals surface area contributed by atoms with Crippen molar-refractivity contribution in [1.29, 1.82) is 0 Å². The lowest BCUT2D eigenvalue weighted by Gasteiger charge is -2.41. The minimum Gasteiger partial charge on any atom is -0.335 e. The molecule has 1 aliphatic carbocycles. The Morgan fingerprint density at radius 1 is 0.944 bits per heavy atom. The molecule has 0 aliphatic heterocycles. The molecular formula is C15H35NSi2. The summed E-state index contributed by atoms with van der Waals surface area (Å²) >= 11 is 0. The van der Waals surface area contributed by atoms with Crippen molar-refractivity contribution < 1.29 is 0 Å². The Morgan fingerprint density at radius 3 is 1.94 bits per heavy atom. The van der Waals surface area contributed by atoms with Gasteiger partial charge in [-0.05, 0) is 17.6 Å². The number of hydrogen-bond donors (Lipinski definition) is 1.